The van der Waals surface area contributed by atoms with Crippen LogP contribution in [0.2, 0.25) is 0 Å². The topological polar surface area (TPSA) is 87.0 Å². The predicted octanol–water partition coefficient (Wildman–Crippen LogP) is 3.41. The van der Waals surface area contributed by atoms with Crippen LogP contribution in [0.3, 0.4) is 0 Å². The van der Waals surface area contributed by atoms with Crippen LogP contribution in [-0.2, 0) is 9.09 Å². The maximum absolute atomic E-state index is 10.8. The summed E-state index contributed by atoms with van der Waals surface area (Å²) in [4.78, 5) is 17.5. The number of hydrogen-bond acceptors (Lipinski definition) is 3. The summed E-state index contributed by atoms with van der Waals surface area (Å²) < 4.78 is 15.5. The Morgan fingerprint density at radius 1 is 0.957 bits per heavy atom. The summed E-state index contributed by atoms with van der Waals surface area (Å²) in [6.45, 7) is 4.13. The highest BCUT2D eigenvalue weighted by molar-refractivity contribution is 7.46. The van der Waals surface area contributed by atoms with E-state index in [1.54, 1.807) is 6.92 Å². The van der Waals surface area contributed by atoms with E-state index in [0.717, 1.165) is 19.4 Å². The number of aliphatic hydroxyl groups is 1. The van der Waals surface area contributed by atoms with E-state index in [1.165, 1.54) is 44.9 Å². The van der Waals surface area contributed by atoms with Crippen molar-refractivity contribution in [1.82, 2.24) is 0 Å². The molecule has 0 bridgehead atoms. The Kier molecular flexibility index (Phi) is 10.8. The first kappa shape index (κ1) is 23.0. The van der Waals surface area contributed by atoms with Crippen molar-refractivity contribution in [3.8, 4) is 0 Å². The van der Waals surface area contributed by atoms with Crippen LogP contribution in [0.5, 0.6) is 0 Å². The minimum absolute atomic E-state index is 0.253. The van der Waals surface area contributed by atoms with E-state index < -0.39 is 13.5 Å². The molecule has 0 aliphatic carbocycles. The van der Waals surface area contributed by atoms with Crippen LogP contribution in [0.25, 0.3) is 0 Å². The number of phosphoric ester groups is 1. The largest absolute Gasteiger partial charge is 0.469 e. The summed E-state index contributed by atoms with van der Waals surface area (Å²) >= 11 is 0. The zero-order chi connectivity index (χ0) is 18.0. The second-order valence-corrected chi connectivity index (χ2v) is 8.46. The molecular formula is C16H37NO5P+. The smallest absolute Gasteiger partial charge is 0.341 e. The molecule has 0 aromatic rings. The third kappa shape index (κ3) is 11.2. The summed E-state index contributed by atoms with van der Waals surface area (Å²) in [6, 6.07) is 0. The van der Waals surface area contributed by atoms with Gasteiger partial charge in [0.15, 0.2) is 0 Å². The SMILES string of the molecule is CCCCCCCCCCC[N+](C)(C)C(C)(O)COP(=O)(O)O. The maximum atomic E-state index is 10.8. The van der Waals surface area contributed by atoms with Gasteiger partial charge in [0.1, 0.15) is 6.61 Å². The van der Waals surface area contributed by atoms with Crippen LogP contribution in [0.15, 0.2) is 0 Å². The van der Waals surface area contributed by atoms with Gasteiger partial charge >= 0.3 is 7.82 Å². The highest BCUT2D eigenvalue weighted by Crippen LogP contribution is 2.37. The normalized spacial score (nSPS) is 15.6. The molecule has 0 saturated carbocycles. The van der Waals surface area contributed by atoms with Crippen molar-refractivity contribution in [3.05, 3.63) is 0 Å². The van der Waals surface area contributed by atoms with Gasteiger partial charge in [0.05, 0.1) is 20.6 Å². The van der Waals surface area contributed by atoms with Gasteiger partial charge in [0, 0.05) is 6.92 Å². The lowest BCUT2D eigenvalue weighted by Crippen LogP contribution is -2.60. The van der Waals surface area contributed by atoms with E-state index in [1.807, 2.05) is 14.1 Å². The molecule has 0 spiro atoms. The molecule has 0 rings (SSSR count). The molecule has 3 N–H and O–H groups in total. The van der Waals surface area contributed by atoms with Gasteiger partial charge < -0.3 is 14.9 Å². The van der Waals surface area contributed by atoms with Gasteiger partial charge in [-0.25, -0.2) is 4.57 Å². The fourth-order valence-corrected chi connectivity index (χ4v) is 2.85. The standard InChI is InChI=1S/C16H36NO5P/c1-5-6-7-8-9-10-11-12-13-14-17(3,4)16(2,18)15-22-23(19,20)21/h18H,5-15H2,1-4H3,(H-,19,20,21)/p+1. The van der Waals surface area contributed by atoms with E-state index in [4.69, 9.17) is 9.79 Å². The number of likely N-dealkylation sites (N-methyl/N-ethyl adjacent to an activating group) is 1. The molecule has 23 heavy (non-hydrogen) atoms. The van der Waals surface area contributed by atoms with Gasteiger partial charge in [0.25, 0.3) is 0 Å². The number of hydrogen-bond donors (Lipinski definition) is 3. The van der Waals surface area contributed by atoms with Crippen LogP contribution >= 0.6 is 7.82 Å². The lowest BCUT2D eigenvalue weighted by atomic mass is 10.1. The quantitative estimate of drug-likeness (QED) is 0.193. The van der Waals surface area contributed by atoms with Crippen molar-refractivity contribution in [2.24, 2.45) is 0 Å². The predicted molar refractivity (Wildman–Crippen MR) is 92.8 cm³/mol. The lowest BCUT2D eigenvalue weighted by Gasteiger charge is -2.42. The molecule has 0 fully saturated rings. The van der Waals surface area contributed by atoms with Crippen LogP contribution < -0.4 is 0 Å². The first-order chi connectivity index (χ1) is 10.5. The molecule has 0 heterocycles. The molecule has 0 aliphatic heterocycles. The fourth-order valence-electron chi connectivity index (χ4n) is 2.44. The number of nitrogens with zero attached hydrogens (tertiary/aromatic N) is 1. The second-order valence-electron chi connectivity index (χ2n) is 7.22. The lowest BCUT2D eigenvalue weighted by molar-refractivity contribution is -0.965. The van der Waals surface area contributed by atoms with E-state index in [2.05, 4.69) is 11.4 Å². The third-order valence-electron chi connectivity index (χ3n) is 4.63. The monoisotopic (exact) mass is 354 g/mol. The van der Waals surface area contributed by atoms with Crippen LogP contribution in [0.4, 0.5) is 0 Å². The van der Waals surface area contributed by atoms with Gasteiger partial charge in [-0.2, -0.15) is 0 Å². The molecular weight excluding hydrogens is 317 g/mol. The molecule has 0 aromatic heterocycles. The average molecular weight is 354 g/mol. The van der Waals surface area contributed by atoms with Crippen molar-refractivity contribution in [3.63, 3.8) is 0 Å². The summed E-state index contributed by atoms with van der Waals surface area (Å²) in [7, 11) is -0.844. The highest BCUT2D eigenvalue weighted by atomic mass is 31.2. The molecule has 0 saturated heterocycles. The van der Waals surface area contributed by atoms with E-state index >= 15 is 0 Å². The van der Waals surface area contributed by atoms with E-state index in [0.29, 0.717) is 0 Å². The van der Waals surface area contributed by atoms with Gasteiger partial charge in [-0.15, -0.1) is 0 Å². The molecule has 0 aliphatic rings. The maximum Gasteiger partial charge on any atom is 0.469 e. The molecule has 140 valence electrons. The Bertz CT molecular complexity index is 354. The van der Waals surface area contributed by atoms with E-state index in [9.17, 15) is 9.67 Å². The summed E-state index contributed by atoms with van der Waals surface area (Å²) in [5.74, 6) is 0. The van der Waals surface area contributed by atoms with Crippen molar-refractivity contribution < 1.29 is 28.5 Å². The zero-order valence-electron chi connectivity index (χ0n) is 15.3. The van der Waals surface area contributed by atoms with E-state index in [-0.39, 0.29) is 11.1 Å². The molecule has 1 atom stereocenters. The van der Waals surface area contributed by atoms with Crippen LogP contribution in [-0.4, -0.2) is 52.3 Å². The minimum atomic E-state index is -4.55. The fraction of sp³-hybridized carbons (Fsp3) is 1.00. The zero-order valence-corrected chi connectivity index (χ0v) is 16.2. The van der Waals surface area contributed by atoms with Crippen molar-refractivity contribution in [1.29, 1.82) is 0 Å². The van der Waals surface area contributed by atoms with Crippen molar-refractivity contribution >= 4 is 7.82 Å². The Labute approximate surface area is 141 Å². The number of unbranched alkanes of at least 4 members (excludes halogenated alkanes) is 8. The van der Waals surface area contributed by atoms with Gasteiger partial charge in [0.2, 0.25) is 5.72 Å². The first-order valence-corrected chi connectivity index (χ1v) is 10.3. The average Bonchev–Trinajstić information content (AvgIpc) is 2.42. The van der Waals surface area contributed by atoms with Crippen LogP contribution in [0, 0.1) is 0 Å². The molecule has 7 heteroatoms. The molecule has 0 radical (unpaired) electrons. The number of phosphoric acid groups is 1. The van der Waals surface area contributed by atoms with Gasteiger partial charge in [-0.1, -0.05) is 51.9 Å². The number of rotatable bonds is 14. The molecule has 0 aromatic carbocycles. The highest BCUT2D eigenvalue weighted by Gasteiger charge is 2.40. The first-order valence-electron chi connectivity index (χ1n) is 8.77. The Balaban J connectivity index is 3.91. The minimum Gasteiger partial charge on any atom is -0.341 e. The van der Waals surface area contributed by atoms with Crippen molar-refractivity contribution in [2.45, 2.75) is 77.4 Å². The Morgan fingerprint density at radius 3 is 1.83 bits per heavy atom. The second kappa shape index (κ2) is 10.8. The number of quaternary nitrogens is 1. The summed E-state index contributed by atoms with van der Waals surface area (Å²) in [5.41, 5.74) is -1.33. The van der Waals surface area contributed by atoms with Gasteiger partial charge in [-0.05, 0) is 12.8 Å². The summed E-state index contributed by atoms with van der Waals surface area (Å²) in [5, 5.41) is 10.4. The van der Waals surface area contributed by atoms with Crippen LogP contribution in [0.1, 0.15) is 71.6 Å². The Morgan fingerprint density at radius 2 is 1.39 bits per heavy atom. The van der Waals surface area contributed by atoms with Crippen molar-refractivity contribution in [2.75, 3.05) is 27.2 Å². The Hall–Kier alpha value is 0.0300. The molecule has 0 amide bonds. The van der Waals surface area contributed by atoms with Gasteiger partial charge in [-0.3, -0.25) is 9.01 Å². The molecule has 6 nitrogen and oxygen atoms in total. The summed E-state index contributed by atoms with van der Waals surface area (Å²) in [6.07, 6.45) is 11.1. The molecule has 1 unspecified atom stereocenters. The third-order valence-corrected chi connectivity index (χ3v) is 5.10.